The molecule has 76 valence electrons. The first-order chi connectivity index (χ1) is 6.75. The number of nitrogens with zero attached hydrogens (tertiary/aromatic N) is 1. The van der Waals surface area contributed by atoms with Crippen LogP contribution in [0.25, 0.3) is 0 Å². The van der Waals surface area contributed by atoms with Gasteiger partial charge in [-0.3, -0.25) is 4.79 Å². The second kappa shape index (κ2) is 4.27. The number of aromatic nitrogens is 2. The molecule has 0 saturated carbocycles. The van der Waals surface area contributed by atoms with Crippen molar-refractivity contribution in [3.8, 4) is 5.88 Å². The maximum atomic E-state index is 11.1. The van der Waals surface area contributed by atoms with E-state index in [1.54, 1.807) is 11.8 Å². The Bertz CT molecular complexity index is 374. The lowest BCUT2D eigenvalue weighted by Crippen LogP contribution is -2.15. The van der Waals surface area contributed by atoms with Crippen LogP contribution in [0.5, 0.6) is 5.88 Å². The fraction of sp³-hybridized carbons (Fsp3) is 0.500. The number of aromatic amines is 1. The summed E-state index contributed by atoms with van der Waals surface area (Å²) in [5, 5.41) is 9.38. The first kappa shape index (κ1) is 9.92. The van der Waals surface area contributed by atoms with Crippen LogP contribution in [0.15, 0.2) is 10.9 Å². The molecule has 2 heterocycles. The predicted molar refractivity (Wildman–Crippen MR) is 59.0 cm³/mol. The van der Waals surface area contributed by atoms with E-state index in [1.165, 1.54) is 0 Å². The molecule has 0 radical (unpaired) electrons. The number of hydrogen-bond acceptors (Lipinski definition) is 5. The monoisotopic (exact) mass is 230 g/mol. The van der Waals surface area contributed by atoms with E-state index >= 15 is 0 Å². The number of rotatable bonds is 1. The summed E-state index contributed by atoms with van der Waals surface area (Å²) in [5.74, 6) is 3.54. The Hall–Kier alpha value is -0.620. The van der Waals surface area contributed by atoms with Gasteiger partial charge in [0.25, 0.3) is 5.56 Å². The third kappa shape index (κ3) is 2.24. The van der Waals surface area contributed by atoms with Crippen molar-refractivity contribution < 1.29 is 5.11 Å². The number of H-pyrrole nitrogens is 1. The highest BCUT2D eigenvalue weighted by Crippen LogP contribution is 2.34. The molecule has 1 aromatic rings. The molecule has 14 heavy (non-hydrogen) atoms. The molecule has 4 nitrogen and oxygen atoms in total. The third-order valence-corrected chi connectivity index (χ3v) is 4.63. The van der Waals surface area contributed by atoms with Crippen molar-refractivity contribution in [1.82, 2.24) is 9.97 Å². The largest absolute Gasteiger partial charge is 0.493 e. The summed E-state index contributed by atoms with van der Waals surface area (Å²) in [7, 11) is 0. The molecule has 2 rings (SSSR count). The van der Waals surface area contributed by atoms with Gasteiger partial charge in [-0.2, -0.15) is 16.7 Å². The van der Waals surface area contributed by atoms with Crippen LogP contribution in [0.3, 0.4) is 0 Å². The average molecular weight is 230 g/mol. The maximum Gasteiger partial charge on any atom is 0.254 e. The number of nitrogens with one attached hydrogen (secondary N) is 1. The van der Waals surface area contributed by atoms with Crippen LogP contribution < -0.4 is 5.56 Å². The summed E-state index contributed by atoms with van der Waals surface area (Å²) in [6, 6.07) is 1.09. The third-order valence-electron chi connectivity index (χ3n) is 1.87. The number of aromatic hydroxyl groups is 1. The van der Waals surface area contributed by atoms with Crippen LogP contribution in [0.1, 0.15) is 11.1 Å². The summed E-state index contributed by atoms with van der Waals surface area (Å²) in [5.41, 5.74) is -0.288. The molecule has 6 heteroatoms. The van der Waals surface area contributed by atoms with Crippen LogP contribution in [-0.4, -0.2) is 32.3 Å². The highest BCUT2D eigenvalue weighted by Gasteiger charge is 2.19. The molecule has 1 atom stereocenters. The molecule has 1 aliphatic heterocycles. The lowest BCUT2D eigenvalue weighted by Gasteiger charge is -2.19. The van der Waals surface area contributed by atoms with Crippen LogP contribution >= 0.6 is 23.5 Å². The van der Waals surface area contributed by atoms with Gasteiger partial charge < -0.3 is 10.1 Å². The van der Waals surface area contributed by atoms with Gasteiger partial charge in [0.05, 0.1) is 11.3 Å². The first-order valence-electron chi connectivity index (χ1n) is 4.25. The van der Waals surface area contributed by atoms with E-state index in [9.17, 15) is 9.90 Å². The van der Waals surface area contributed by atoms with E-state index in [2.05, 4.69) is 9.97 Å². The Kier molecular flexibility index (Phi) is 3.02. The zero-order valence-electron chi connectivity index (χ0n) is 7.40. The summed E-state index contributed by atoms with van der Waals surface area (Å²) < 4.78 is 0. The van der Waals surface area contributed by atoms with Gasteiger partial charge in [-0.15, -0.1) is 11.8 Å². The van der Waals surface area contributed by atoms with Gasteiger partial charge in [0, 0.05) is 17.3 Å². The molecule has 1 saturated heterocycles. The molecule has 1 unspecified atom stereocenters. The Morgan fingerprint density at radius 1 is 1.57 bits per heavy atom. The van der Waals surface area contributed by atoms with E-state index in [0.717, 1.165) is 23.3 Å². The lowest BCUT2D eigenvalue weighted by molar-refractivity contribution is 0.447. The van der Waals surface area contributed by atoms with E-state index in [1.807, 2.05) is 11.8 Å². The van der Waals surface area contributed by atoms with Crippen LogP contribution in [0.2, 0.25) is 0 Å². The first-order valence-corrected chi connectivity index (χ1v) is 6.45. The van der Waals surface area contributed by atoms with E-state index in [4.69, 9.17) is 0 Å². The van der Waals surface area contributed by atoms with E-state index < -0.39 is 0 Å². The zero-order valence-corrected chi connectivity index (χ0v) is 9.03. The van der Waals surface area contributed by atoms with Crippen LogP contribution in [-0.2, 0) is 0 Å². The van der Waals surface area contributed by atoms with Crippen molar-refractivity contribution in [3.63, 3.8) is 0 Å². The standard InChI is InChI=1S/C8H10N2O2S2/c11-6-3-7(12)10-8(9-6)5-4-13-1-2-14-5/h3,5H,1-2,4H2,(H2,9,10,11,12). The van der Waals surface area contributed by atoms with Crippen LogP contribution in [0, 0.1) is 0 Å². The number of hydrogen-bond donors (Lipinski definition) is 2. The van der Waals surface area contributed by atoms with Gasteiger partial charge >= 0.3 is 0 Å². The SMILES string of the molecule is O=c1cc(O)nc(C2CSCCS2)[nH]1. The van der Waals surface area contributed by atoms with Gasteiger partial charge in [0.15, 0.2) is 0 Å². The summed E-state index contributed by atoms with van der Waals surface area (Å²) >= 11 is 3.61. The molecule has 0 aliphatic carbocycles. The van der Waals surface area contributed by atoms with Crippen molar-refractivity contribution in [3.05, 3.63) is 22.2 Å². The minimum absolute atomic E-state index is 0.195. The Labute approximate surface area is 89.5 Å². The second-order valence-electron chi connectivity index (χ2n) is 2.92. The predicted octanol–water partition coefficient (Wildman–Crippen LogP) is 0.997. The van der Waals surface area contributed by atoms with Crippen LogP contribution in [0.4, 0.5) is 0 Å². The Balaban J connectivity index is 2.26. The molecule has 1 fully saturated rings. The molecule has 0 bridgehead atoms. The van der Waals surface area contributed by atoms with Gasteiger partial charge in [-0.25, -0.2) is 0 Å². The normalized spacial score (nSPS) is 22.1. The smallest absolute Gasteiger partial charge is 0.254 e. The molecule has 0 amide bonds. The summed E-state index contributed by atoms with van der Waals surface area (Å²) in [4.78, 5) is 17.7. The van der Waals surface area contributed by atoms with Crippen molar-refractivity contribution in [2.45, 2.75) is 5.25 Å². The van der Waals surface area contributed by atoms with Gasteiger partial charge in [0.2, 0.25) is 5.88 Å². The fourth-order valence-electron chi connectivity index (χ4n) is 1.26. The van der Waals surface area contributed by atoms with E-state index in [-0.39, 0.29) is 16.7 Å². The average Bonchev–Trinajstić information content (AvgIpc) is 2.18. The maximum absolute atomic E-state index is 11.1. The van der Waals surface area contributed by atoms with Crippen molar-refractivity contribution in [2.24, 2.45) is 0 Å². The van der Waals surface area contributed by atoms with Gasteiger partial charge in [-0.05, 0) is 0 Å². The number of thioether (sulfide) groups is 2. The molecule has 0 aromatic carbocycles. The Morgan fingerprint density at radius 3 is 3.07 bits per heavy atom. The molecular weight excluding hydrogens is 220 g/mol. The molecule has 1 aliphatic rings. The minimum atomic E-state index is -0.288. The van der Waals surface area contributed by atoms with Crippen molar-refractivity contribution >= 4 is 23.5 Å². The molecular formula is C8H10N2O2S2. The highest BCUT2D eigenvalue weighted by molar-refractivity contribution is 8.06. The second-order valence-corrected chi connectivity index (χ2v) is 5.38. The lowest BCUT2D eigenvalue weighted by atomic mass is 10.4. The van der Waals surface area contributed by atoms with Crippen molar-refractivity contribution in [2.75, 3.05) is 17.3 Å². The topological polar surface area (TPSA) is 66.0 Å². The summed E-state index contributed by atoms with van der Waals surface area (Å²) in [6.45, 7) is 0. The molecule has 1 aromatic heterocycles. The molecule has 0 spiro atoms. The molecule has 2 N–H and O–H groups in total. The van der Waals surface area contributed by atoms with E-state index in [0.29, 0.717) is 5.82 Å². The fourth-order valence-corrected chi connectivity index (χ4v) is 3.88. The van der Waals surface area contributed by atoms with Gasteiger partial charge in [-0.1, -0.05) is 0 Å². The van der Waals surface area contributed by atoms with Crippen molar-refractivity contribution in [1.29, 1.82) is 0 Å². The highest BCUT2D eigenvalue weighted by atomic mass is 32.2. The Morgan fingerprint density at radius 2 is 2.43 bits per heavy atom. The minimum Gasteiger partial charge on any atom is -0.493 e. The quantitative estimate of drug-likeness (QED) is 0.753. The van der Waals surface area contributed by atoms with Gasteiger partial charge in [0.1, 0.15) is 5.82 Å². The summed E-state index contributed by atoms with van der Waals surface area (Å²) in [6.07, 6.45) is 0. The zero-order chi connectivity index (χ0) is 9.97.